The van der Waals surface area contributed by atoms with Crippen LogP contribution in [-0.2, 0) is 4.79 Å². The molecule has 0 saturated carbocycles. The van der Waals surface area contributed by atoms with Gasteiger partial charge in [0.05, 0.1) is 15.8 Å². The molecule has 0 unspecified atom stereocenters. The molecule has 34 heavy (non-hydrogen) atoms. The van der Waals surface area contributed by atoms with Gasteiger partial charge in [-0.15, -0.1) is 5.10 Å². The van der Waals surface area contributed by atoms with Crippen LogP contribution in [0.1, 0.15) is 31.7 Å². The highest BCUT2D eigenvalue weighted by Gasteiger charge is 2.36. The third-order valence-electron chi connectivity index (χ3n) is 5.50. The van der Waals surface area contributed by atoms with E-state index in [4.69, 9.17) is 14.5 Å². The van der Waals surface area contributed by atoms with Gasteiger partial charge >= 0.3 is 0 Å². The molecule has 1 N–H and O–H groups in total. The second-order valence-corrected chi connectivity index (χ2v) is 8.83. The molecule has 2 aliphatic rings. The van der Waals surface area contributed by atoms with Gasteiger partial charge in [0.2, 0.25) is 6.17 Å². The first kappa shape index (κ1) is 21.9. The zero-order valence-corrected chi connectivity index (χ0v) is 19.1. The molecule has 0 spiro atoms. The third-order valence-corrected chi connectivity index (χ3v) is 6.45. The van der Waals surface area contributed by atoms with Crippen LogP contribution in [0.3, 0.4) is 0 Å². The number of nitro groups is 1. The van der Waals surface area contributed by atoms with Crippen LogP contribution in [-0.4, -0.2) is 26.8 Å². The van der Waals surface area contributed by atoms with Crippen LogP contribution in [0.4, 0.5) is 5.69 Å². The molecule has 0 saturated heterocycles. The highest BCUT2D eigenvalue weighted by Crippen LogP contribution is 2.36. The summed E-state index contributed by atoms with van der Waals surface area (Å²) < 4.78 is 6.07. The predicted octanol–water partition coefficient (Wildman–Crippen LogP) is 3.53. The lowest BCUT2D eigenvalue weighted by molar-refractivity contribution is -0.384. The zero-order chi connectivity index (χ0) is 23.7. The average molecular weight is 476 g/mol. The summed E-state index contributed by atoms with van der Waals surface area (Å²) in [5.41, 5.74) is 0.709. The number of fused-ring (bicyclic) bond motifs is 2. The summed E-state index contributed by atoms with van der Waals surface area (Å²) in [6.45, 7) is 2.11. The first-order valence-corrected chi connectivity index (χ1v) is 11.9. The van der Waals surface area contributed by atoms with E-state index in [9.17, 15) is 14.9 Å². The van der Waals surface area contributed by atoms with Gasteiger partial charge in [0, 0.05) is 17.0 Å². The minimum absolute atomic E-state index is 0.0495. The lowest BCUT2D eigenvalue weighted by Crippen LogP contribution is -2.50. The van der Waals surface area contributed by atoms with Crippen LogP contribution in [0.5, 0.6) is 0 Å². The molecular weight excluding hydrogens is 454 g/mol. The fraction of sp³-hybridized carbons (Fsp3) is 0.208. The molecule has 0 fully saturated rings. The fourth-order valence-corrected chi connectivity index (χ4v) is 4.81. The zero-order valence-electron chi connectivity index (χ0n) is 18.3. The molecule has 3 aromatic rings. The topological polar surface area (TPSA) is 113 Å². The van der Waals surface area contributed by atoms with Crippen molar-refractivity contribution in [3.8, 4) is 11.3 Å². The number of hydrogen-bond acceptors (Lipinski definition) is 8. The number of amides is 1. The molecule has 9 nitrogen and oxygen atoms in total. The first-order valence-electron chi connectivity index (χ1n) is 10.9. The smallest absolute Gasteiger partial charge is 0.280 e. The van der Waals surface area contributed by atoms with E-state index in [-0.39, 0.29) is 11.6 Å². The number of carbonyl (C=O) groups is 1. The van der Waals surface area contributed by atoms with Crippen molar-refractivity contribution in [2.45, 2.75) is 25.9 Å². The van der Waals surface area contributed by atoms with Crippen LogP contribution >= 0.6 is 11.8 Å². The van der Waals surface area contributed by atoms with E-state index in [1.54, 1.807) is 35.3 Å². The molecule has 1 amide bonds. The molecule has 2 aromatic carbocycles. The molecule has 0 aliphatic carbocycles. The van der Waals surface area contributed by atoms with Crippen molar-refractivity contribution in [1.29, 1.82) is 0 Å². The summed E-state index contributed by atoms with van der Waals surface area (Å²) in [4.78, 5) is 29.0. The van der Waals surface area contributed by atoms with Gasteiger partial charge in [-0.05, 0) is 30.7 Å². The molecular formula is C24H21N5O4S. The molecule has 1 atom stereocenters. The third kappa shape index (κ3) is 3.96. The van der Waals surface area contributed by atoms with Crippen LogP contribution < -0.4 is 15.9 Å². The standard InChI is InChI=1S/C24H21N5O4S/c1-2-3-14-34-24-26-23(30)21-15-8-4-6-10-17(15)25-22(28(21)27-24)20-13-12-19(33-20)16-9-5-7-11-18(16)29(31)32/h4-13,22H,2-3,14H2,1H3,(H,26,27,30)/t22-/m0/s1. The largest absolute Gasteiger partial charge is 0.456 e. The number of nitro benzene ring substituents is 1. The predicted molar refractivity (Wildman–Crippen MR) is 129 cm³/mol. The summed E-state index contributed by atoms with van der Waals surface area (Å²) >= 11 is 1.48. The maximum Gasteiger partial charge on any atom is 0.280 e. The Kier molecular flexibility index (Phi) is 5.89. The van der Waals surface area contributed by atoms with Crippen molar-refractivity contribution in [2.24, 2.45) is 10.1 Å². The summed E-state index contributed by atoms with van der Waals surface area (Å²) in [6, 6.07) is 17.2. The highest BCUT2D eigenvalue weighted by atomic mass is 32.2. The van der Waals surface area contributed by atoms with Gasteiger partial charge < -0.3 is 4.42 Å². The number of carbonyl (C=O) groups excluding carboxylic acids is 1. The van der Waals surface area contributed by atoms with Crippen LogP contribution in [0.2, 0.25) is 0 Å². The van der Waals surface area contributed by atoms with Crippen LogP contribution in [0, 0.1) is 10.1 Å². The number of para-hydroxylation sites is 2. The summed E-state index contributed by atoms with van der Waals surface area (Å²) in [5.74, 6) is 1.35. The lowest BCUT2D eigenvalue weighted by Gasteiger charge is -2.32. The Morgan fingerprint density at radius 3 is 2.76 bits per heavy atom. The second-order valence-electron chi connectivity index (χ2n) is 7.75. The number of amidine groups is 1. The van der Waals surface area contributed by atoms with Crippen molar-refractivity contribution < 1.29 is 14.1 Å². The van der Waals surface area contributed by atoms with Gasteiger partial charge in [0.25, 0.3) is 11.6 Å². The molecule has 10 heteroatoms. The number of hydrogen-bond donors (Lipinski definition) is 1. The quantitative estimate of drug-likeness (QED) is 0.331. The lowest BCUT2D eigenvalue weighted by atomic mass is 10.1. The van der Waals surface area contributed by atoms with Gasteiger partial charge in [-0.2, -0.15) is 0 Å². The molecule has 1 aromatic heterocycles. The number of rotatable bonds is 6. The average Bonchev–Trinajstić information content (AvgIpc) is 3.33. The number of hydrazone groups is 1. The van der Waals surface area contributed by atoms with Crippen molar-refractivity contribution in [3.05, 3.63) is 87.1 Å². The van der Waals surface area contributed by atoms with Crippen LogP contribution in [0.25, 0.3) is 17.0 Å². The Hall–Kier alpha value is -3.92. The van der Waals surface area contributed by atoms with Crippen molar-refractivity contribution in [3.63, 3.8) is 0 Å². The second kappa shape index (κ2) is 9.14. The van der Waals surface area contributed by atoms with Crippen molar-refractivity contribution in [1.82, 2.24) is 10.3 Å². The van der Waals surface area contributed by atoms with Crippen molar-refractivity contribution in [2.75, 3.05) is 5.75 Å². The minimum atomic E-state index is -0.728. The molecule has 172 valence electrons. The highest BCUT2D eigenvalue weighted by molar-refractivity contribution is 8.13. The van der Waals surface area contributed by atoms with Crippen LogP contribution in [0.15, 0.2) is 75.2 Å². The van der Waals surface area contributed by atoms with Gasteiger partial charge in [0.15, 0.2) is 10.9 Å². The van der Waals surface area contributed by atoms with E-state index < -0.39 is 11.1 Å². The summed E-state index contributed by atoms with van der Waals surface area (Å²) in [7, 11) is 0. The number of benzene rings is 2. The van der Waals surface area contributed by atoms with E-state index in [1.807, 2.05) is 24.3 Å². The number of nitrogens with one attached hydrogen (secondary N) is 1. The van der Waals surface area contributed by atoms with Crippen molar-refractivity contribution >= 4 is 34.2 Å². The van der Waals surface area contributed by atoms with E-state index in [0.717, 1.165) is 18.6 Å². The molecule has 0 bridgehead atoms. The Labute approximate surface area is 199 Å². The molecule has 0 radical (unpaired) electrons. The Morgan fingerprint density at radius 2 is 1.94 bits per heavy atom. The fourth-order valence-electron chi connectivity index (χ4n) is 3.87. The SMILES string of the molecule is CCCCSC1=NN2C(=c3ccccc3=N[C@@H]2c2ccc(-c3ccccc3[N+](=O)[O-])o2)C(=O)N1. The summed E-state index contributed by atoms with van der Waals surface area (Å²) in [5, 5.41) is 22.5. The van der Waals surface area contributed by atoms with Gasteiger partial charge in [-0.1, -0.05) is 55.4 Å². The normalized spacial score (nSPS) is 16.8. The van der Waals surface area contributed by atoms with E-state index in [2.05, 4.69) is 12.2 Å². The van der Waals surface area contributed by atoms with Gasteiger partial charge in [-0.25, -0.2) is 10.0 Å². The number of furan rings is 1. The number of thioether (sulfide) groups is 1. The Bertz CT molecular complexity index is 1430. The maximum atomic E-state index is 13.1. The van der Waals surface area contributed by atoms with Gasteiger partial charge in [0.1, 0.15) is 11.5 Å². The maximum absolute atomic E-state index is 13.1. The Balaban J connectivity index is 1.60. The Morgan fingerprint density at radius 1 is 1.15 bits per heavy atom. The minimum Gasteiger partial charge on any atom is -0.456 e. The van der Waals surface area contributed by atoms with E-state index in [1.165, 1.54) is 17.8 Å². The number of unbranched alkanes of at least 4 members (excludes halogenated alkanes) is 1. The molecule has 2 aliphatic heterocycles. The monoisotopic (exact) mass is 475 g/mol. The molecule has 3 heterocycles. The van der Waals surface area contributed by atoms with Gasteiger partial charge in [-0.3, -0.25) is 20.2 Å². The van der Waals surface area contributed by atoms with E-state index >= 15 is 0 Å². The number of nitrogens with zero attached hydrogens (tertiary/aromatic N) is 4. The molecule has 5 rings (SSSR count). The first-order chi connectivity index (χ1) is 16.6. The summed E-state index contributed by atoms with van der Waals surface area (Å²) in [6.07, 6.45) is 1.32. The van der Waals surface area contributed by atoms with E-state index in [0.29, 0.717) is 38.5 Å².